The summed E-state index contributed by atoms with van der Waals surface area (Å²) in [7, 11) is 0. The number of hydrogen-bond acceptors (Lipinski definition) is 3. The van der Waals surface area contributed by atoms with Gasteiger partial charge in [0, 0.05) is 25.6 Å². The summed E-state index contributed by atoms with van der Waals surface area (Å²) in [5.41, 5.74) is 5.54. The van der Waals surface area contributed by atoms with Gasteiger partial charge in [-0.1, -0.05) is 6.42 Å². The van der Waals surface area contributed by atoms with E-state index >= 15 is 0 Å². The van der Waals surface area contributed by atoms with E-state index in [1.807, 2.05) is 6.92 Å². The van der Waals surface area contributed by atoms with Crippen molar-refractivity contribution >= 4 is 30.7 Å². The minimum Gasteiger partial charge on any atom is -0.355 e. The second kappa shape index (κ2) is 11.1. The lowest BCUT2D eigenvalue weighted by Gasteiger charge is -2.26. The van der Waals surface area contributed by atoms with Gasteiger partial charge in [-0.25, -0.2) is 0 Å². The van der Waals surface area contributed by atoms with Crippen molar-refractivity contribution in [2.45, 2.75) is 38.6 Å². The Balaban J connectivity index is 0. The normalized spacial score (nSPS) is 17.5. The molecule has 1 unspecified atom stereocenters. The van der Waals surface area contributed by atoms with Crippen LogP contribution in [0.5, 0.6) is 0 Å². The van der Waals surface area contributed by atoms with E-state index in [2.05, 4.69) is 10.2 Å². The molecular formula is C11H25Cl2N3O. The van der Waals surface area contributed by atoms with Crippen LogP contribution in [0, 0.1) is 0 Å². The molecule has 1 rings (SSSR count). The highest BCUT2D eigenvalue weighted by Crippen LogP contribution is 2.07. The van der Waals surface area contributed by atoms with Crippen LogP contribution in [-0.2, 0) is 4.79 Å². The van der Waals surface area contributed by atoms with Crippen LogP contribution < -0.4 is 11.1 Å². The van der Waals surface area contributed by atoms with Gasteiger partial charge in [0.25, 0.3) is 0 Å². The molecule has 6 heteroatoms. The molecule has 0 aliphatic carbocycles. The van der Waals surface area contributed by atoms with Gasteiger partial charge >= 0.3 is 0 Å². The van der Waals surface area contributed by atoms with Crippen LogP contribution in [0.4, 0.5) is 0 Å². The molecule has 1 atom stereocenters. The summed E-state index contributed by atoms with van der Waals surface area (Å²) >= 11 is 0. The van der Waals surface area contributed by atoms with Gasteiger partial charge in [-0.3, -0.25) is 4.79 Å². The Morgan fingerprint density at radius 1 is 1.29 bits per heavy atom. The zero-order valence-electron chi connectivity index (χ0n) is 10.5. The summed E-state index contributed by atoms with van der Waals surface area (Å²) in [4.78, 5) is 13.7. The Kier molecular flexibility index (Phi) is 12.6. The number of piperidine rings is 1. The van der Waals surface area contributed by atoms with Crippen LogP contribution in [0.1, 0.15) is 32.6 Å². The lowest BCUT2D eigenvalue weighted by atomic mass is 10.1. The molecule has 1 amide bonds. The van der Waals surface area contributed by atoms with E-state index in [0.29, 0.717) is 6.42 Å². The van der Waals surface area contributed by atoms with Gasteiger partial charge in [-0.15, -0.1) is 24.8 Å². The Bertz CT molecular complexity index is 197. The van der Waals surface area contributed by atoms with E-state index < -0.39 is 0 Å². The number of carbonyl (C=O) groups excluding carboxylic acids is 1. The quantitative estimate of drug-likeness (QED) is 0.797. The highest BCUT2D eigenvalue weighted by Gasteiger charge is 2.10. The van der Waals surface area contributed by atoms with Crippen LogP contribution in [0.15, 0.2) is 0 Å². The third-order valence-corrected chi connectivity index (χ3v) is 2.71. The molecule has 1 aliphatic heterocycles. The Morgan fingerprint density at radius 3 is 2.41 bits per heavy atom. The van der Waals surface area contributed by atoms with Gasteiger partial charge < -0.3 is 16.0 Å². The van der Waals surface area contributed by atoms with Crippen molar-refractivity contribution in [3.8, 4) is 0 Å². The van der Waals surface area contributed by atoms with E-state index in [4.69, 9.17) is 5.73 Å². The summed E-state index contributed by atoms with van der Waals surface area (Å²) in [6, 6.07) is -0.0417. The summed E-state index contributed by atoms with van der Waals surface area (Å²) in [6.07, 6.45) is 4.38. The predicted molar refractivity (Wildman–Crippen MR) is 76.1 cm³/mol. The molecule has 0 aromatic rings. The number of hydrogen-bond donors (Lipinski definition) is 2. The largest absolute Gasteiger partial charge is 0.355 e. The van der Waals surface area contributed by atoms with Crippen molar-refractivity contribution in [3.05, 3.63) is 0 Å². The first-order valence-corrected chi connectivity index (χ1v) is 5.93. The van der Waals surface area contributed by atoms with Gasteiger partial charge in [-0.05, 0) is 32.9 Å². The lowest BCUT2D eigenvalue weighted by molar-refractivity contribution is -0.121. The number of nitrogens with one attached hydrogen (secondary N) is 1. The Morgan fingerprint density at radius 2 is 1.88 bits per heavy atom. The standard InChI is InChI=1S/C11H23N3O.2ClH/c1-10(12)9-11(15)13-5-8-14-6-3-2-4-7-14;;/h10H,2-9,12H2,1H3,(H,13,15);2*1H. The van der Waals surface area contributed by atoms with Gasteiger partial charge in [0.1, 0.15) is 0 Å². The zero-order chi connectivity index (χ0) is 11.1. The first kappa shape index (κ1) is 19.3. The summed E-state index contributed by atoms with van der Waals surface area (Å²) in [6.45, 7) is 5.95. The van der Waals surface area contributed by atoms with E-state index in [0.717, 1.165) is 13.1 Å². The molecular weight excluding hydrogens is 261 g/mol. The molecule has 1 saturated heterocycles. The summed E-state index contributed by atoms with van der Waals surface area (Å²) < 4.78 is 0. The number of carbonyl (C=O) groups is 1. The molecule has 17 heavy (non-hydrogen) atoms. The van der Waals surface area contributed by atoms with Crippen LogP contribution in [0.3, 0.4) is 0 Å². The van der Waals surface area contributed by atoms with Gasteiger partial charge in [0.2, 0.25) is 5.91 Å². The molecule has 3 N–H and O–H groups in total. The fraction of sp³-hybridized carbons (Fsp3) is 0.909. The second-order valence-electron chi connectivity index (χ2n) is 4.43. The highest BCUT2D eigenvalue weighted by molar-refractivity contribution is 5.85. The molecule has 1 fully saturated rings. The monoisotopic (exact) mass is 285 g/mol. The fourth-order valence-corrected chi connectivity index (χ4v) is 1.90. The molecule has 0 spiro atoms. The topological polar surface area (TPSA) is 58.4 Å². The number of likely N-dealkylation sites (tertiary alicyclic amines) is 1. The Labute approximate surface area is 117 Å². The van der Waals surface area contributed by atoms with Crippen LogP contribution in [0.2, 0.25) is 0 Å². The van der Waals surface area contributed by atoms with Crippen molar-refractivity contribution < 1.29 is 4.79 Å². The smallest absolute Gasteiger partial charge is 0.221 e. The average molecular weight is 286 g/mol. The molecule has 104 valence electrons. The SMILES string of the molecule is CC(N)CC(=O)NCCN1CCCCC1.Cl.Cl. The molecule has 1 heterocycles. The number of amides is 1. The van der Waals surface area contributed by atoms with Crippen LogP contribution in [-0.4, -0.2) is 43.0 Å². The number of halogens is 2. The van der Waals surface area contributed by atoms with Crippen molar-refractivity contribution in [1.29, 1.82) is 0 Å². The maximum atomic E-state index is 11.3. The van der Waals surface area contributed by atoms with Gasteiger partial charge in [-0.2, -0.15) is 0 Å². The van der Waals surface area contributed by atoms with Crippen molar-refractivity contribution in [3.63, 3.8) is 0 Å². The van der Waals surface area contributed by atoms with Crippen molar-refractivity contribution in [1.82, 2.24) is 10.2 Å². The van der Waals surface area contributed by atoms with Gasteiger partial charge in [0.05, 0.1) is 0 Å². The third-order valence-electron chi connectivity index (χ3n) is 2.71. The fourth-order valence-electron chi connectivity index (χ4n) is 1.90. The van der Waals surface area contributed by atoms with E-state index in [1.54, 1.807) is 0 Å². The van der Waals surface area contributed by atoms with E-state index in [9.17, 15) is 4.79 Å². The summed E-state index contributed by atoms with van der Waals surface area (Å²) in [5.74, 6) is 0.0713. The maximum Gasteiger partial charge on any atom is 0.221 e. The molecule has 0 aromatic heterocycles. The molecule has 0 saturated carbocycles. The third kappa shape index (κ3) is 9.65. The van der Waals surface area contributed by atoms with Crippen molar-refractivity contribution in [2.24, 2.45) is 5.73 Å². The number of nitrogens with zero attached hydrogens (tertiary/aromatic N) is 1. The van der Waals surface area contributed by atoms with Crippen molar-refractivity contribution in [2.75, 3.05) is 26.2 Å². The van der Waals surface area contributed by atoms with Gasteiger partial charge in [0.15, 0.2) is 0 Å². The average Bonchev–Trinajstić information content (AvgIpc) is 2.18. The molecule has 4 nitrogen and oxygen atoms in total. The molecule has 0 bridgehead atoms. The Hall–Kier alpha value is -0.0300. The van der Waals surface area contributed by atoms with Crippen LogP contribution in [0.25, 0.3) is 0 Å². The number of nitrogens with two attached hydrogens (primary N) is 1. The number of rotatable bonds is 5. The maximum absolute atomic E-state index is 11.3. The zero-order valence-corrected chi connectivity index (χ0v) is 12.1. The predicted octanol–water partition coefficient (Wildman–Crippen LogP) is 1.17. The van der Waals surface area contributed by atoms with Crippen LogP contribution >= 0.6 is 24.8 Å². The highest BCUT2D eigenvalue weighted by atomic mass is 35.5. The first-order chi connectivity index (χ1) is 7.18. The van der Waals surface area contributed by atoms with E-state index in [1.165, 1.54) is 32.4 Å². The minimum absolute atomic E-state index is 0. The summed E-state index contributed by atoms with van der Waals surface area (Å²) in [5, 5.41) is 2.90. The molecule has 1 aliphatic rings. The van der Waals surface area contributed by atoms with E-state index in [-0.39, 0.29) is 36.8 Å². The lowest BCUT2D eigenvalue weighted by Crippen LogP contribution is -2.38. The molecule has 0 radical (unpaired) electrons. The second-order valence-corrected chi connectivity index (χ2v) is 4.43. The molecule has 0 aromatic carbocycles. The first-order valence-electron chi connectivity index (χ1n) is 5.93. The minimum atomic E-state index is -0.0417.